The average molecular weight is 125 g/mol. The van der Waals surface area contributed by atoms with Gasteiger partial charge in [-0.15, -0.1) is 0 Å². The van der Waals surface area contributed by atoms with Crippen LogP contribution in [-0.2, 0) is 0 Å². The van der Waals surface area contributed by atoms with Crippen LogP contribution in [0.15, 0.2) is 0 Å². The first-order chi connectivity index (χ1) is 4.45. The van der Waals surface area contributed by atoms with Crippen molar-refractivity contribution in [2.75, 3.05) is 13.1 Å². The summed E-state index contributed by atoms with van der Waals surface area (Å²) in [5, 5.41) is 2.31. The zero-order valence-corrected chi connectivity index (χ0v) is 5.64. The predicted octanol–water partition coefficient (Wildman–Crippen LogP) is 0.768. The van der Waals surface area contributed by atoms with E-state index in [1.165, 1.54) is 32.4 Å². The number of piperidine rings is 1. The highest BCUT2D eigenvalue weighted by Crippen LogP contribution is 2.22. The number of hydrazine groups is 1. The second kappa shape index (κ2) is 2.27. The molecular formula is C7H13N2. The van der Waals surface area contributed by atoms with Crippen LogP contribution in [0.4, 0.5) is 0 Å². The quantitative estimate of drug-likeness (QED) is 0.514. The molecule has 0 amide bonds. The Kier molecular flexibility index (Phi) is 1.44. The van der Waals surface area contributed by atoms with E-state index in [0.717, 1.165) is 5.92 Å². The third-order valence-corrected chi connectivity index (χ3v) is 2.34. The Bertz CT molecular complexity index is 77.6. The van der Waals surface area contributed by atoms with E-state index < -0.39 is 0 Å². The summed E-state index contributed by atoms with van der Waals surface area (Å²) in [5.41, 5.74) is 3.28. The Morgan fingerprint density at radius 1 is 1.33 bits per heavy atom. The molecule has 0 unspecified atom stereocenters. The minimum absolute atomic E-state index is 0.983. The summed E-state index contributed by atoms with van der Waals surface area (Å²) in [6.45, 7) is 4.70. The largest absolute Gasteiger partial charge is 0.250 e. The SMILES string of the molecule is [CH]1CC2CCN(CC2)N1. The zero-order chi connectivity index (χ0) is 6.10. The molecule has 0 saturated carbocycles. The first kappa shape index (κ1) is 5.69. The first-order valence-electron chi connectivity index (χ1n) is 3.78. The van der Waals surface area contributed by atoms with E-state index in [9.17, 15) is 0 Å². The Labute approximate surface area is 56.2 Å². The van der Waals surface area contributed by atoms with Gasteiger partial charge in [0.25, 0.3) is 0 Å². The van der Waals surface area contributed by atoms with Gasteiger partial charge in [-0.25, -0.2) is 5.01 Å². The van der Waals surface area contributed by atoms with Crippen molar-refractivity contribution >= 4 is 0 Å². The van der Waals surface area contributed by atoms with Crippen molar-refractivity contribution in [3.05, 3.63) is 6.54 Å². The van der Waals surface area contributed by atoms with Crippen molar-refractivity contribution < 1.29 is 0 Å². The predicted molar refractivity (Wildman–Crippen MR) is 36.3 cm³/mol. The highest BCUT2D eigenvalue weighted by molar-refractivity contribution is 4.79. The van der Waals surface area contributed by atoms with E-state index in [1.54, 1.807) is 0 Å². The Balaban J connectivity index is 2.03. The zero-order valence-electron chi connectivity index (χ0n) is 5.64. The lowest BCUT2D eigenvalue weighted by Crippen LogP contribution is -2.38. The van der Waals surface area contributed by atoms with Crippen molar-refractivity contribution in [2.45, 2.75) is 19.3 Å². The first-order valence-corrected chi connectivity index (χ1v) is 3.78. The molecule has 0 spiro atoms. The summed E-state index contributed by atoms with van der Waals surface area (Å²) in [7, 11) is 0. The van der Waals surface area contributed by atoms with E-state index in [4.69, 9.17) is 0 Å². The Hall–Kier alpha value is -0.0800. The molecule has 3 saturated heterocycles. The molecule has 0 aliphatic carbocycles. The molecular weight excluding hydrogens is 112 g/mol. The summed E-state index contributed by atoms with van der Waals surface area (Å²) >= 11 is 0. The number of hydrogen-bond donors (Lipinski definition) is 1. The summed E-state index contributed by atoms with van der Waals surface area (Å²) < 4.78 is 0. The van der Waals surface area contributed by atoms with E-state index >= 15 is 0 Å². The average Bonchev–Trinajstić information content (AvgIpc) is 2.21. The summed E-state index contributed by atoms with van der Waals surface area (Å²) in [6, 6.07) is 0. The molecule has 0 aromatic carbocycles. The number of nitrogens with one attached hydrogen (secondary N) is 1. The van der Waals surface area contributed by atoms with Crippen LogP contribution in [0.3, 0.4) is 0 Å². The molecule has 1 N–H and O–H groups in total. The lowest BCUT2D eigenvalue weighted by atomic mass is 9.96. The molecule has 2 bridgehead atoms. The fourth-order valence-electron chi connectivity index (χ4n) is 1.65. The second-order valence-corrected chi connectivity index (χ2v) is 3.00. The van der Waals surface area contributed by atoms with Gasteiger partial charge in [-0.05, 0) is 25.2 Å². The van der Waals surface area contributed by atoms with E-state index in [0.29, 0.717) is 0 Å². The molecule has 51 valence electrons. The van der Waals surface area contributed by atoms with Gasteiger partial charge in [-0.1, -0.05) is 0 Å². The maximum absolute atomic E-state index is 3.28. The standard InChI is InChI=1S/C7H13N2/c1-4-8-9-5-2-7(1)3-6-9/h4,7-8H,1-3,5-6H2. The molecule has 1 radical (unpaired) electrons. The third kappa shape index (κ3) is 1.10. The van der Waals surface area contributed by atoms with Crippen molar-refractivity contribution in [1.82, 2.24) is 10.4 Å². The van der Waals surface area contributed by atoms with Crippen LogP contribution < -0.4 is 5.43 Å². The Morgan fingerprint density at radius 2 is 2.11 bits per heavy atom. The lowest BCUT2D eigenvalue weighted by molar-refractivity contribution is 0.172. The van der Waals surface area contributed by atoms with Gasteiger partial charge < -0.3 is 0 Å². The van der Waals surface area contributed by atoms with Gasteiger partial charge in [0.2, 0.25) is 0 Å². The molecule has 9 heavy (non-hydrogen) atoms. The number of fused-ring (bicyclic) bond motifs is 4. The fraction of sp³-hybridized carbons (Fsp3) is 0.857. The summed E-state index contributed by atoms with van der Waals surface area (Å²) in [4.78, 5) is 0. The molecule has 0 aromatic heterocycles. The van der Waals surface area contributed by atoms with Gasteiger partial charge >= 0.3 is 0 Å². The van der Waals surface area contributed by atoms with Gasteiger partial charge in [-0.2, -0.15) is 0 Å². The van der Waals surface area contributed by atoms with Crippen LogP contribution in [0.1, 0.15) is 19.3 Å². The van der Waals surface area contributed by atoms with Crippen LogP contribution in [-0.4, -0.2) is 18.1 Å². The van der Waals surface area contributed by atoms with Gasteiger partial charge in [0.15, 0.2) is 0 Å². The maximum Gasteiger partial charge on any atom is 0.0385 e. The van der Waals surface area contributed by atoms with Gasteiger partial charge in [-0.3, -0.25) is 5.43 Å². The molecule has 2 nitrogen and oxygen atoms in total. The van der Waals surface area contributed by atoms with Gasteiger partial charge in [0.1, 0.15) is 0 Å². The normalized spacial score (nSPS) is 42.7. The highest BCUT2D eigenvalue weighted by Gasteiger charge is 2.22. The topological polar surface area (TPSA) is 15.3 Å². The molecule has 3 aliphatic rings. The van der Waals surface area contributed by atoms with Crippen molar-refractivity contribution in [1.29, 1.82) is 0 Å². The molecule has 0 aromatic rings. The Morgan fingerprint density at radius 3 is 2.89 bits per heavy atom. The number of rotatable bonds is 0. The smallest absolute Gasteiger partial charge is 0.0385 e. The van der Waals surface area contributed by atoms with Crippen LogP contribution in [0.5, 0.6) is 0 Å². The van der Waals surface area contributed by atoms with Crippen molar-refractivity contribution in [2.24, 2.45) is 5.92 Å². The number of nitrogens with zero attached hydrogens (tertiary/aromatic N) is 1. The second-order valence-electron chi connectivity index (χ2n) is 3.00. The molecule has 3 aliphatic heterocycles. The number of hydrogen-bond acceptors (Lipinski definition) is 2. The van der Waals surface area contributed by atoms with Crippen LogP contribution in [0, 0.1) is 12.5 Å². The van der Waals surface area contributed by atoms with Gasteiger partial charge in [0, 0.05) is 19.6 Å². The summed E-state index contributed by atoms with van der Waals surface area (Å²) in [6.07, 6.45) is 4.06. The van der Waals surface area contributed by atoms with E-state index in [1.807, 2.05) is 0 Å². The molecule has 3 rings (SSSR count). The minimum atomic E-state index is 0.983. The van der Waals surface area contributed by atoms with E-state index in [-0.39, 0.29) is 0 Å². The van der Waals surface area contributed by atoms with Crippen LogP contribution in [0.25, 0.3) is 0 Å². The molecule has 3 fully saturated rings. The van der Waals surface area contributed by atoms with Crippen LogP contribution >= 0.6 is 0 Å². The lowest BCUT2D eigenvalue weighted by Gasteiger charge is -2.25. The minimum Gasteiger partial charge on any atom is -0.250 e. The summed E-state index contributed by atoms with van der Waals surface area (Å²) in [5.74, 6) is 0.983. The monoisotopic (exact) mass is 125 g/mol. The van der Waals surface area contributed by atoms with E-state index in [2.05, 4.69) is 17.0 Å². The molecule has 3 heterocycles. The molecule has 2 heteroatoms. The fourth-order valence-corrected chi connectivity index (χ4v) is 1.65. The third-order valence-electron chi connectivity index (χ3n) is 2.34. The maximum atomic E-state index is 3.28. The van der Waals surface area contributed by atoms with Gasteiger partial charge in [0.05, 0.1) is 0 Å². The van der Waals surface area contributed by atoms with Crippen molar-refractivity contribution in [3.8, 4) is 0 Å². The van der Waals surface area contributed by atoms with Crippen molar-refractivity contribution in [3.63, 3.8) is 0 Å². The molecule has 0 atom stereocenters. The highest BCUT2D eigenvalue weighted by atomic mass is 15.5. The van der Waals surface area contributed by atoms with Crippen LogP contribution in [0.2, 0.25) is 0 Å².